The maximum absolute atomic E-state index is 12.4. The molecule has 0 radical (unpaired) electrons. The van der Waals surface area contributed by atoms with E-state index in [-0.39, 0.29) is 18.2 Å². The molecule has 0 spiro atoms. The van der Waals surface area contributed by atoms with E-state index in [1.54, 1.807) is 42.7 Å². The summed E-state index contributed by atoms with van der Waals surface area (Å²) >= 11 is 0. The molecule has 3 aromatic heterocycles. The predicted octanol–water partition coefficient (Wildman–Crippen LogP) is -0.580. The van der Waals surface area contributed by atoms with Gasteiger partial charge in [-0.1, -0.05) is 5.92 Å². The third kappa shape index (κ3) is 3.39. The van der Waals surface area contributed by atoms with Crippen molar-refractivity contribution in [1.29, 1.82) is 0 Å². The molecule has 31 heavy (non-hydrogen) atoms. The lowest BCUT2D eigenvalue weighted by Crippen LogP contribution is -2.45. The molecule has 162 valence electrons. The van der Waals surface area contributed by atoms with Crippen molar-refractivity contribution >= 4 is 22.9 Å². The molecule has 3 heterocycles. The van der Waals surface area contributed by atoms with Crippen molar-refractivity contribution in [2.45, 2.75) is 31.6 Å². The van der Waals surface area contributed by atoms with Gasteiger partial charge in [0.2, 0.25) is 11.7 Å². The van der Waals surface area contributed by atoms with E-state index in [9.17, 15) is 15.0 Å². The van der Waals surface area contributed by atoms with Gasteiger partial charge >= 0.3 is 0 Å². The number of aliphatic hydroxyl groups is 2. The molecule has 1 aliphatic carbocycles. The molecule has 1 amide bonds. The number of nitrogens with zero attached hydrogens (tertiary/aromatic N) is 6. The van der Waals surface area contributed by atoms with E-state index in [0.29, 0.717) is 17.0 Å². The van der Waals surface area contributed by atoms with Crippen LogP contribution in [0.25, 0.3) is 11.2 Å². The van der Waals surface area contributed by atoms with Crippen LogP contribution >= 0.6 is 0 Å². The lowest BCUT2D eigenvalue weighted by atomic mass is 9.85. The molecule has 1 saturated carbocycles. The second-order valence-electron chi connectivity index (χ2n) is 7.83. The summed E-state index contributed by atoms with van der Waals surface area (Å²) in [5.74, 6) is 6.32. The molecule has 4 N–H and O–H groups in total. The fourth-order valence-electron chi connectivity index (χ4n) is 4.04. The van der Waals surface area contributed by atoms with Crippen molar-refractivity contribution in [3.05, 3.63) is 30.1 Å². The Balaban J connectivity index is 1.78. The number of aromatic nitrogens is 6. The van der Waals surface area contributed by atoms with Crippen molar-refractivity contribution < 1.29 is 15.0 Å². The van der Waals surface area contributed by atoms with E-state index >= 15 is 0 Å². The number of rotatable bonds is 3. The molecule has 4 rings (SSSR count). The monoisotopic (exact) mass is 424 g/mol. The lowest BCUT2D eigenvalue weighted by Gasteiger charge is -2.26. The molecule has 11 heteroatoms. The number of carbonyl (C=O) groups excluding carboxylic acids is 1. The Labute approximate surface area is 178 Å². The summed E-state index contributed by atoms with van der Waals surface area (Å²) < 4.78 is 3.33. The van der Waals surface area contributed by atoms with Crippen molar-refractivity contribution in [3.8, 4) is 11.8 Å². The molecule has 1 fully saturated rings. The highest BCUT2D eigenvalue weighted by molar-refractivity contribution is 5.85. The van der Waals surface area contributed by atoms with E-state index in [1.807, 2.05) is 0 Å². The zero-order valence-electron chi connectivity index (χ0n) is 17.7. The van der Waals surface area contributed by atoms with E-state index in [0.717, 1.165) is 5.56 Å². The molecule has 4 unspecified atom stereocenters. The van der Waals surface area contributed by atoms with Crippen LogP contribution in [0.2, 0.25) is 0 Å². The first-order valence-corrected chi connectivity index (χ1v) is 9.79. The van der Waals surface area contributed by atoms with Gasteiger partial charge in [-0.15, -0.1) is 0 Å². The highest BCUT2D eigenvalue weighted by Crippen LogP contribution is 2.45. The van der Waals surface area contributed by atoms with Crippen molar-refractivity contribution in [2.24, 2.45) is 12.5 Å². The van der Waals surface area contributed by atoms with E-state index in [4.69, 9.17) is 0 Å². The zero-order chi connectivity index (χ0) is 22.3. The number of fused-ring (bicyclic) bond motifs is 1. The number of aryl methyl sites for hydroxylation is 1. The molecule has 0 saturated heterocycles. The van der Waals surface area contributed by atoms with Crippen LogP contribution in [0.3, 0.4) is 0 Å². The third-order valence-electron chi connectivity index (χ3n) is 5.79. The second-order valence-corrected chi connectivity index (χ2v) is 7.83. The quantitative estimate of drug-likeness (QED) is 0.409. The van der Waals surface area contributed by atoms with Gasteiger partial charge in [-0.2, -0.15) is 5.10 Å². The lowest BCUT2D eigenvalue weighted by molar-refractivity contribution is -0.136. The number of carbonyl (C=O) groups is 1. The van der Waals surface area contributed by atoms with Gasteiger partial charge < -0.3 is 25.4 Å². The van der Waals surface area contributed by atoms with Gasteiger partial charge in [-0.25, -0.2) is 15.0 Å². The van der Waals surface area contributed by atoms with E-state index in [2.05, 4.69) is 42.5 Å². The Hall–Kier alpha value is -3.49. The number of imidazole rings is 1. The van der Waals surface area contributed by atoms with Gasteiger partial charge in [-0.3, -0.25) is 9.48 Å². The number of aliphatic hydroxyl groups excluding tert-OH is 2. The molecule has 3 aromatic rings. The van der Waals surface area contributed by atoms with Crippen LogP contribution in [0, 0.1) is 17.3 Å². The summed E-state index contributed by atoms with van der Waals surface area (Å²) in [7, 11) is 5.03. The van der Waals surface area contributed by atoms with Gasteiger partial charge in [0, 0.05) is 27.3 Å². The van der Waals surface area contributed by atoms with Crippen LogP contribution in [0.1, 0.15) is 30.8 Å². The molecule has 0 bridgehead atoms. The maximum atomic E-state index is 12.4. The van der Waals surface area contributed by atoms with Gasteiger partial charge in [0.15, 0.2) is 17.0 Å². The average molecular weight is 424 g/mol. The standard InChI is InChI=1S/C20H24N8O3/c1-20(19(31)22-3)7-12(15(29)16(20)30)28-10-23-14-17(21-2)25-13(26-18(14)28)6-5-11-8-24-27(4)9-11/h8-10,12,15-16,29-30H,7H2,1-4H3,(H,22,31)(H,21,25,26). The minimum absolute atomic E-state index is 0.218. The molecule has 0 aromatic carbocycles. The summed E-state index contributed by atoms with van der Waals surface area (Å²) in [6, 6.07) is -0.596. The fraction of sp³-hybridized carbons (Fsp3) is 0.450. The van der Waals surface area contributed by atoms with Crippen LogP contribution in [0.15, 0.2) is 18.7 Å². The fourth-order valence-corrected chi connectivity index (χ4v) is 4.04. The first-order chi connectivity index (χ1) is 14.8. The Morgan fingerprint density at radius 3 is 2.71 bits per heavy atom. The number of hydrogen-bond acceptors (Lipinski definition) is 8. The van der Waals surface area contributed by atoms with Crippen LogP contribution in [-0.4, -0.2) is 71.7 Å². The molecule has 1 aliphatic rings. The predicted molar refractivity (Wildman–Crippen MR) is 112 cm³/mol. The van der Waals surface area contributed by atoms with Crippen molar-refractivity contribution in [3.63, 3.8) is 0 Å². The highest BCUT2D eigenvalue weighted by Gasteiger charge is 2.54. The molecule has 0 aliphatic heterocycles. The molecule has 4 atom stereocenters. The summed E-state index contributed by atoms with van der Waals surface area (Å²) in [4.78, 5) is 25.7. The van der Waals surface area contributed by atoms with Crippen LogP contribution < -0.4 is 10.6 Å². The molecule has 11 nitrogen and oxygen atoms in total. The SMILES string of the molecule is CNC(=O)C1(C)CC(n2cnc3c(NC)nc(C#Cc4cnn(C)c4)nc32)C(O)C1O. The Kier molecular flexibility index (Phi) is 5.12. The van der Waals surface area contributed by atoms with Gasteiger partial charge in [0.1, 0.15) is 6.10 Å². The smallest absolute Gasteiger partial charge is 0.228 e. The average Bonchev–Trinajstić information content (AvgIpc) is 3.44. The van der Waals surface area contributed by atoms with Gasteiger partial charge in [0.05, 0.1) is 35.6 Å². The van der Waals surface area contributed by atoms with Crippen LogP contribution in [-0.2, 0) is 11.8 Å². The van der Waals surface area contributed by atoms with Crippen LogP contribution in [0.5, 0.6) is 0 Å². The maximum Gasteiger partial charge on any atom is 0.228 e. The number of anilines is 1. The van der Waals surface area contributed by atoms with Gasteiger partial charge in [-0.05, 0) is 19.3 Å². The van der Waals surface area contributed by atoms with E-state index < -0.39 is 23.7 Å². The van der Waals surface area contributed by atoms with E-state index in [1.165, 1.54) is 13.4 Å². The normalized spacial score (nSPS) is 25.3. The minimum atomic E-state index is -1.23. The van der Waals surface area contributed by atoms with Crippen molar-refractivity contribution in [2.75, 3.05) is 19.4 Å². The Morgan fingerprint density at radius 2 is 2.06 bits per heavy atom. The Bertz CT molecular complexity index is 1210. The summed E-state index contributed by atoms with van der Waals surface area (Å²) in [6.45, 7) is 1.64. The highest BCUT2D eigenvalue weighted by atomic mass is 16.3. The second kappa shape index (κ2) is 7.64. The Morgan fingerprint density at radius 1 is 1.29 bits per heavy atom. The minimum Gasteiger partial charge on any atom is -0.389 e. The third-order valence-corrected chi connectivity index (χ3v) is 5.79. The molecular weight excluding hydrogens is 400 g/mol. The first kappa shape index (κ1) is 20.8. The van der Waals surface area contributed by atoms with Crippen LogP contribution in [0.4, 0.5) is 5.82 Å². The van der Waals surface area contributed by atoms with Gasteiger partial charge in [0.25, 0.3) is 0 Å². The first-order valence-electron chi connectivity index (χ1n) is 9.79. The number of nitrogens with one attached hydrogen (secondary N) is 2. The van der Waals surface area contributed by atoms with Crippen molar-refractivity contribution in [1.82, 2.24) is 34.6 Å². The topological polar surface area (TPSA) is 143 Å². The summed E-state index contributed by atoms with van der Waals surface area (Å²) in [5.41, 5.74) is 0.537. The largest absolute Gasteiger partial charge is 0.389 e. The summed E-state index contributed by atoms with van der Waals surface area (Å²) in [6.07, 6.45) is 2.78. The molecular formula is C20H24N8O3. The number of amides is 1. The zero-order valence-corrected chi connectivity index (χ0v) is 17.7. The summed E-state index contributed by atoms with van der Waals surface area (Å²) in [5, 5.41) is 31.0. The number of hydrogen-bond donors (Lipinski definition) is 4.